The number of carbonyl (C=O) groups excluding carboxylic acids is 1. The molecule has 0 bridgehead atoms. The van der Waals surface area contributed by atoms with Gasteiger partial charge in [-0.3, -0.25) is 9.48 Å². The molecule has 1 atom stereocenters. The van der Waals surface area contributed by atoms with Crippen molar-refractivity contribution in [1.82, 2.24) is 9.78 Å². The summed E-state index contributed by atoms with van der Waals surface area (Å²) in [6, 6.07) is 2.05. The van der Waals surface area contributed by atoms with Crippen molar-refractivity contribution in [2.24, 2.45) is 0 Å². The third-order valence-electron chi connectivity index (χ3n) is 3.43. The van der Waals surface area contributed by atoms with E-state index in [9.17, 15) is 4.79 Å². The molecule has 1 saturated heterocycles. The molecule has 0 aliphatic carbocycles. The van der Waals surface area contributed by atoms with E-state index in [0.29, 0.717) is 12.8 Å². The summed E-state index contributed by atoms with van der Waals surface area (Å²) in [5.41, 5.74) is 2.11. The van der Waals surface area contributed by atoms with Crippen LogP contribution in [-0.2, 0) is 28.9 Å². The maximum Gasteiger partial charge on any atom is 0.141 e. The second-order valence-corrected chi connectivity index (χ2v) is 4.85. The summed E-state index contributed by atoms with van der Waals surface area (Å²) in [5.74, 6) is 0.263. The Hall–Kier alpha value is -1.16. The number of aromatic nitrogens is 2. The normalized spacial score (nSPS) is 19.3. The van der Waals surface area contributed by atoms with Gasteiger partial charge >= 0.3 is 0 Å². The fourth-order valence-electron chi connectivity index (χ4n) is 2.44. The molecule has 1 unspecified atom stereocenters. The molecular weight excluding hydrogens is 228 g/mol. The first-order valence-electron chi connectivity index (χ1n) is 6.91. The highest BCUT2D eigenvalue weighted by atomic mass is 16.5. The van der Waals surface area contributed by atoms with Gasteiger partial charge in [0.1, 0.15) is 5.78 Å². The van der Waals surface area contributed by atoms with Crippen molar-refractivity contribution in [1.29, 1.82) is 0 Å². The SMILES string of the molecule is CCc1cc(CC(=O)CC2CCCO2)n(CC)n1. The zero-order valence-electron chi connectivity index (χ0n) is 11.3. The first kappa shape index (κ1) is 13.3. The topological polar surface area (TPSA) is 44.1 Å². The van der Waals surface area contributed by atoms with E-state index in [-0.39, 0.29) is 11.9 Å². The number of aryl methyl sites for hydroxylation is 2. The van der Waals surface area contributed by atoms with Gasteiger partial charge in [-0.1, -0.05) is 6.92 Å². The maximum atomic E-state index is 12.0. The molecule has 1 aliphatic heterocycles. The first-order chi connectivity index (χ1) is 8.72. The molecule has 0 saturated carbocycles. The quantitative estimate of drug-likeness (QED) is 0.777. The molecule has 1 aromatic heterocycles. The van der Waals surface area contributed by atoms with Crippen molar-refractivity contribution in [3.63, 3.8) is 0 Å². The highest BCUT2D eigenvalue weighted by molar-refractivity contribution is 5.81. The number of Topliss-reactive ketones (excluding diaryl/α,β-unsaturated/α-hetero) is 1. The molecule has 1 aliphatic rings. The van der Waals surface area contributed by atoms with Crippen LogP contribution in [0.25, 0.3) is 0 Å². The van der Waals surface area contributed by atoms with Crippen LogP contribution in [-0.4, -0.2) is 28.3 Å². The average Bonchev–Trinajstić information content (AvgIpc) is 2.98. The molecule has 0 radical (unpaired) electrons. The van der Waals surface area contributed by atoms with E-state index in [4.69, 9.17) is 4.74 Å². The Balaban J connectivity index is 1.94. The zero-order valence-corrected chi connectivity index (χ0v) is 11.3. The summed E-state index contributed by atoms with van der Waals surface area (Å²) >= 11 is 0. The van der Waals surface area contributed by atoms with E-state index in [1.165, 1.54) is 0 Å². The molecule has 4 heteroatoms. The summed E-state index contributed by atoms with van der Waals surface area (Å²) in [6.45, 7) is 5.77. The first-order valence-corrected chi connectivity index (χ1v) is 6.91. The van der Waals surface area contributed by atoms with Crippen molar-refractivity contribution in [2.45, 2.75) is 58.6 Å². The Labute approximate surface area is 108 Å². The van der Waals surface area contributed by atoms with Crippen molar-refractivity contribution in [2.75, 3.05) is 6.61 Å². The van der Waals surface area contributed by atoms with Crippen molar-refractivity contribution in [3.8, 4) is 0 Å². The van der Waals surface area contributed by atoms with Crippen LogP contribution in [0.5, 0.6) is 0 Å². The van der Waals surface area contributed by atoms with E-state index in [1.54, 1.807) is 0 Å². The Morgan fingerprint density at radius 3 is 3.00 bits per heavy atom. The van der Waals surface area contributed by atoms with Gasteiger partial charge in [0.25, 0.3) is 0 Å². The van der Waals surface area contributed by atoms with E-state index < -0.39 is 0 Å². The van der Waals surface area contributed by atoms with Crippen molar-refractivity contribution < 1.29 is 9.53 Å². The van der Waals surface area contributed by atoms with Gasteiger partial charge in [-0.2, -0.15) is 5.10 Å². The highest BCUT2D eigenvalue weighted by Gasteiger charge is 2.20. The lowest BCUT2D eigenvalue weighted by molar-refractivity contribution is -0.120. The summed E-state index contributed by atoms with van der Waals surface area (Å²) in [5, 5.41) is 4.47. The van der Waals surface area contributed by atoms with E-state index in [0.717, 1.165) is 43.8 Å². The second-order valence-electron chi connectivity index (χ2n) is 4.85. The number of hydrogen-bond acceptors (Lipinski definition) is 3. The van der Waals surface area contributed by atoms with Gasteiger partial charge in [-0.15, -0.1) is 0 Å². The number of ketones is 1. The average molecular weight is 250 g/mol. The van der Waals surface area contributed by atoms with Crippen LogP contribution in [0.3, 0.4) is 0 Å². The van der Waals surface area contributed by atoms with Crippen molar-refractivity contribution in [3.05, 3.63) is 17.5 Å². The lowest BCUT2D eigenvalue weighted by Gasteiger charge is -2.08. The van der Waals surface area contributed by atoms with Crippen LogP contribution in [0.15, 0.2) is 6.07 Å². The number of ether oxygens (including phenoxy) is 1. The largest absolute Gasteiger partial charge is 0.378 e. The fraction of sp³-hybridized carbons (Fsp3) is 0.714. The molecule has 0 spiro atoms. The Kier molecular flexibility index (Phi) is 4.53. The minimum atomic E-state index is 0.154. The van der Waals surface area contributed by atoms with Crippen LogP contribution < -0.4 is 0 Å². The zero-order chi connectivity index (χ0) is 13.0. The monoisotopic (exact) mass is 250 g/mol. The molecule has 0 N–H and O–H groups in total. The van der Waals surface area contributed by atoms with Gasteiger partial charge in [0.05, 0.1) is 11.8 Å². The molecule has 0 aromatic carbocycles. The number of rotatable bonds is 6. The second kappa shape index (κ2) is 6.14. The van der Waals surface area contributed by atoms with Gasteiger partial charge in [0, 0.05) is 31.7 Å². The molecule has 4 nitrogen and oxygen atoms in total. The number of nitrogens with zero attached hydrogens (tertiary/aromatic N) is 2. The highest BCUT2D eigenvalue weighted by Crippen LogP contribution is 2.17. The lowest BCUT2D eigenvalue weighted by atomic mass is 10.1. The van der Waals surface area contributed by atoms with E-state index in [1.807, 2.05) is 4.68 Å². The summed E-state index contributed by atoms with van der Waals surface area (Å²) < 4.78 is 7.44. The van der Waals surface area contributed by atoms with E-state index in [2.05, 4.69) is 25.0 Å². The third-order valence-corrected chi connectivity index (χ3v) is 3.43. The number of hydrogen-bond donors (Lipinski definition) is 0. The lowest BCUT2D eigenvalue weighted by Crippen LogP contribution is -2.16. The molecule has 0 amide bonds. The van der Waals surface area contributed by atoms with Gasteiger partial charge in [-0.25, -0.2) is 0 Å². The molecule has 2 heterocycles. The predicted octanol–water partition coefficient (Wildman–Crippen LogP) is 2.15. The van der Waals surface area contributed by atoms with Gasteiger partial charge in [-0.05, 0) is 32.3 Å². The predicted molar refractivity (Wildman–Crippen MR) is 69.6 cm³/mol. The van der Waals surface area contributed by atoms with Crippen LogP contribution in [0, 0.1) is 0 Å². The summed E-state index contributed by atoms with van der Waals surface area (Å²) in [7, 11) is 0. The number of carbonyl (C=O) groups is 1. The molecule has 2 rings (SSSR count). The molecular formula is C14H22N2O2. The van der Waals surface area contributed by atoms with Gasteiger partial charge in [0.15, 0.2) is 0 Å². The third kappa shape index (κ3) is 3.19. The van der Waals surface area contributed by atoms with E-state index >= 15 is 0 Å². The smallest absolute Gasteiger partial charge is 0.141 e. The summed E-state index contributed by atoms with van der Waals surface area (Å²) in [4.78, 5) is 12.0. The standard InChI is InChI=1S/C14H22N2O2/c1-3-11-8-12(16(4-2)15-11)9-13(17)10-14-6-5-7-18-14/h8,14H,3-7,9-10H2,1-2H3. The van der Waals surface area contributed by atoms with Gasteiger partial charge in [0.2, 0.25) is 0 Å². The fourth-order valence-corrected chi connectivity index (χ4v) is 2.44. The van der Waals surface area contributed by atoms with Crippen LogP contribution in [0.1, 0.15) is 44.5 Å². The Morgan fingerprint density at radius 2 is 2.39 bits per heavy atom. The van der Waals surface area contributed by atoms with Crippen molar-refractivity contribution >= 4 is 5.78 Å². The Morgan fingerprint density at radius 1 is 1.56 bits per heavy atom. The minimum Gasteiger partial charge on any atom is -0.378 e. The van der Waals surface area contributed by atoms with Crippen LogP contribution >= 0.6 is 0 Å². The van der Waals surface area contributed by atoms with Crippen LogP contribution in [0.2, 0.25) is 0 Å². The summed E-state index contributed by atoms with van der Waals surface area (Å²) in [6.07, 6.45) is 4.22. The van der Waals surface area contributed by atoms with Gasteiger partial charge < -0.3 is 4.74 Å². The molecule has 100 valence electrons. The van der Waals surface area contributed by atoms with Crippen LogP contribution in [0.4, 0.5) is 0 Å². The minimum absolute atomic E-state index is 0.154. The molecule has 1 aromatic rings. The molecule has 1 fully saturated rings. The Bertz CT molecular complexity index is 406. The molecule has 18 heavy (non-hydrogen) atoms. The maximum absolute atomic E-state index is 12.0.